The summed E-state index contributed by atoms with van der Waals surface area (Å²) in [6, 6.07) is 11.2. The summed E-state index contributed by atoms with van der Waals surface area (Å²) >= 11 is 6.00. The molecule has 156 valence electrons. The summed E-state index contributed by atoms with van der Waals surface area (Å²) in [5, 5.41) is 3.55. The zero-order valence-corrected chi connectivity index (χ0v) is 18.1. The summed E-state index contributed by atoms with van der Waals surface area (Å²) in [7, 11) is -1.98. The fourth-order valence-corrected chi connectivity index (χ4v) is 4.92. The van der Waals surface area contributed by atoms with Crippen LogP contribution in [0.15, 0.2) is 47.4 Å². The maximum atomic E-state index is 12.8. The molecule has 1 saturated heterocycles. The molecule has 1 heterocycles. The summed E-state index contributed by atoms with van der Waals surface area (Å²) in [5.41, 5.74) is 1.05. The number of anilines is 1. The van der Waals surface area contributed by atoms with E-state index in [-0.39, 0.29) is 17.2 Å². The Kier molecular flexibility index (Phi) is 6.82. The number of hydrogen-bond acceptors (Lipinski definition) is 5. The molecule has 0 amide bonds. The molecule has 8 heteroatoms. The van der Waals surface area contributed by atoms with Crippen molar-refractivity contribution in [2.45, 2.75) is 24.7 Å². The van der Waals surface area contributed by atoms with Gasteiger partial charge in [-0.2, -0.15) is 4.31 Å². The number of Topliss-reactive ketones (excluding diaryl/α,β-unsaturated/α-hetero) is 1. The second-order valence-corrected chi connectivity index (χ2v) is 9.61. The Hall–Kier alpha value is -2.09. The Balaban J connectivity index is 1.67. The minimum Gasteiger partial charge on any atom is -0.495 e. The second-order valence-electron chi connectivity index (χ2n) is 7.23. The maximum absolute atomic E-state index is 12.8. The lowest BCUT2D eigenvalue weighted by Crippen LogP contribution is -2.37. The van der Waals surface area contributed by atoms with Crippen LogP contribution in [0.4, 0.5) is 5.69 Å². The Morgan fingerprint density at radius 2 is 1.83 bits per heavy atom. The van der Waals surface area contributed by atoms with Crippen LogP contribution in [0, 0.1) is 5.92 Å². The van der Waals surface area contributed by atoms with Gasteiger partial charge in [-0.1, -0.05) is 18.5 Å². The number of nitrogens with one attached hydrogen (secondary N) is 1. The van der Waals surface area contributed by atoms with Gasteiger partial charge in [0, 0.05) is 23.7 Å². The largest absolute Gasteiger partial charge is 0.495 e. The molecule has 0 atom stereocenters. The molecule has 0 unspecified atom stereocenters. The third-order valence-electron chi connectivity index (χ3n) is 5.16. The molecule has 0 aliphatic carbocycles. The molecule has 1 N–H and O–H groups in total. The molecule has 0 radical (unpaired) electrons. The first kappa shape index (κ1) is 21.6. The van der Waals surface area contributed by atoms with Crippen molar-refractivity contribution < 1.29 is 17.9 Å². The molecule has 29 heavy (non-hydrogen) atoms. The van der Waals surface area contributed by atoms with E-state index in [1.165, 1.54) is 16.4 Å². The van der Waals surface area contributed by atoms with Crippen molar-refractivity contribution >= 4 is 33.1 Å². The molecule has 3 rings (SSSR count). The van der Waals surface area contributed by atoms with Crippen LogP contribution in [-0.2, 0) is 10.0 Å². The summed E-state index contributed by atoms with van der Waals surface area (Å²) in [6.45, 7) is 3.25. The van der Waals surface area contributed by atoms with E-state index in [9.17, 15) is 13.2 Å². The standard InChI is InChI=1S/C21H25ClN2O4S/c1-15-9-11-24(12-10-15)29(26,27)18-6-3-16(4-7-18)20(25)14-23-19-13-17(22)5-8-21(19)28-2/h3-8,13,15,23H,9-12,14H2,1-2H3. The number of halogens is 1. The van der Waals surface area contributed by atoms with E-state index in [1.807, 2.05) is 0 Å². The fourth-order valence-electron chi connectivity index (χ4n) is 3.28. The van der Waals surface area contributed by atoms with Gasteiger partial charge >= 0.3 is 0 Å². The molecule has 0 saturated carbocycles. The number of ether oxygens (including phenoxy) is 1. The van der Waals surface area contributed by atoms with Crippen molar-refractivity contribution in [1.82, 2.24) is 4.31 Å². The highest BCUT2D eigenvalue weighted by molar-refractivity contribution is 7.89. The summed E-state index contributed by atoms with van der Waals surface area (Å²) in [4.78, 5) is 12.7. The Labute approximate surface area is 176 Å². The van der Waals surface area contributed by atoms with Gasteiger partial charge in [0.25, 0.3) is 0 Å². The van der Waals surface area contributed by atoms with Crippen molar-refractivity contribution in [3.8, 4) is 5.75 Å². The van der Waals surface area contributed by atoms with Crippen LogP contribution < -0.4 is 10.1 Å². The predicted molar refractivity (Wildman–Crippen MR) is 114 cm³/mol. The first-order valence-electron chi connectivity index (χ1n) is 9.52. The minimum atomic E-state index is -3.52. The van der Waals surface area contributed by atoms with E-state index in [2.05, 4.69) is 12.2 Å². The molecule has 2 aromatic rings. The van der Waals surface area contributed by atoms with Gasteiger partial charge in [0.05, 0.1) is 24.2 Å². The van der Waals surface area contributed by atoms with Gasteiger partial charge in [-0.25, -0.2) is 8.42 Å². The van der Waals surface area contributed by atoms with E-state index in [1.54, 1.807) is 37.4 Å². The lowest BCUT2D eigenvalue weighted by Gasteiger charge is -2.29. The molecule has 1 aliphatic heterocycles. The number of benzene rings is 2. The monoisotopic (exact) mass is 436 g/mol. The highest BCUT2D eigenvalue weighted by Gasteiger charge is 2.28. The number of rotatable bonds is 7. The highest BCUT2D eigenvalue weighted by atomic mass is 35.5. The number of sulfonamides is 1. The number of methoxy groups -OCH3 is 1. The molecule has 1 aliphatic rings. The van der Waals surface area contributed by atoms with Crippen molar-refractivity contribution in [2.24, 2.45) is 5.92 Å². The zero-order valence-electron chi connectivity index (χ0n) is 16.5. The van der Waals surface area contributed by atoms with E-state index >= 15 is 0 Å². The zero-order chi connectivity index (χ0) is 21.0. The van der Waals surface area contributed by atoms with Crippen molar-refractivity contribution in [3.63, 3.8) is 0 Å². The van der Waals surface area contributed by atoms with Crippen molar-refractivity contribution in [2.75, 3.05) is 32.1 Å². The molecular weight excluding hydrogens is 412 g/mol. The number of nitrogens with zero attached hydrogens (tertiary/aromatic N) is 1. The summed E-state index contributed by atoms with van der Waals surface area (Å²) in [5.74, 6) is 0.967. The van der Waals surface area contributed by atoms with Gasteiger partial charge in [0.1, 0.15) is 5.75 Å². The minimum absolute atomic E-state index is 0.0345. The third-order valence-corrected chi connectivity index (χ3v) is 7.31. The van der Waals surface area contributed by atoms with Crippen LogP contribution in [0.2, 0.25) is 5.02 Å². The van der Waals surface area contributed by atoms with Crippen LogP contribution >= 0.6 is 11.6 Å². The predicted octanol–water partition coefficient (Wildman–Crippen LogP) is 4.06. The van der Waals surface area contributed by atoms with Crippen LogP contribution in [0.5, 0.6) is 5.75 Å². The van der Waals surface area contributed by atoms with E-state index in [0.717, 1.165) is 12.8 Å². The van der Waals surface area contributed by atoms with E-state index < -0.39 is 10.0 Å². The Morgan fingerprint density at radius 1 is 1.17 bits per heavy atom. The number of carbonyl (C=O) groups excluding carboxylic acids is 1. The van der Waals surface area contributed by atoms with Gasteiger partial charge in [0.15, 0.2) is 5.78 Å². The highest BCUT2D eigenvalue weighted by Crippen LogP contribution is 2.28. The number of ketones is 1. The number of piperidine rings is 1. The number of hydrogen-bond donors (Lipinski definition) is 1. The van der Waals surface area contributed by atoms with Crippen molar-refractivity contribution in [1.29, 1.82) is 0 Å². The average Bonchev–Trinajstić information content (AvgIpc) is 2.72. The first-order valence-corrected chi connectivity index (χ1v) is 11.3. The molecule has 0 spiro atoms. The SMILES string of the molecule is COc1ccc(Cl)cc1NCC(=O)c1ccc(S(=O)(=O)N2CCC(C)CC2)cc1. The molecule has 0 aromatic heterocycles. The van der Waals surface area contributed by atoms with Gasteiger partial charge in [-0.15, -0.1) is 0 Å². The normalized spacial score (nSPS) is 15.8. The first-order chi connectivity index (χ1) is 13.8. The lowest BCUT2D eigenvalue weighted by molar-refractivity contribution is 0.101. The molecular formula is C21H25ClN2O4S. The van der Waals surface area contributed by atoms with Gasteiger partial charge in [-0.05, 0) is 61.2 Å². The molecule has 2 aromatic carbocycles. The van der Waals surface area contributed by atoms with E-state index in [4.69, 9.17) is 16.3 Å². The van der Waals surface area contributed by atoms with Crippen LogP contribution in [0.25, 0.3) is 0 Å². The van der Waals surface area contributed by atoms with E-state index in [0.29, 0.717) is 41.0 Å². The third kappa shape index (κ3) is 5.10. The average molecular weight is 437 g/mol. The quantitative estimate of drug-likeness (QED) is 0.662. The van der Waals surface area contributed by atoms with Crippen LogP contribution in [0.1, 0.15) is 30.1 Å². The van der Waals surface area contributed by atoms with Crippen LogP contribution in [-0.4, -0.2) is 45.3 Å². The van der Waals surface area contributed by atoms with Gasteiger partial charge in [0.2, 0.25) is 10.0 Å². The van der Waals surface area contributed by atoms with Crippen molar-refractivity contribution in [3.05, 3.63) is 53.1 Å². The molecule has 1 fully saturated rings. The smallest absolute Gasteiger partial charge is 0.243 e. The summed E-state index contributed by atoms with van der Waals surface area (Å²) < 4.78 is 32.4. The summed E-state index contributed by atoms with van der Waals surface area (Å²) in [6.07, 6.45) is 1.74. The fraction of sp³-hybridized carbons (Fsp3) is 0.381. The number of carbonyl (C=O) groups is 1. The topological polar surface area (TPSA) is 75.7 Å². The Bertz CT molecular complexity index is 969. The Morgan fingerprint density at radius 3 is 2.45 bits per heavy atom. The molecule has 6 nitrogen and oxygen atoms in total. The molecule has 0 bridgehead atoms. The van der Waals surface area contributed by atoms with Gasteiger partial charge in [-0.3, -0.25) is 4.79 Å². The maximum Gasteiger partial charge on any atom is 0.243 e. The lowest BCUT2D eigenvalue weighted by atomic mass is 10.0. The van der Waals surface area contributed by atoms with Gasteiger partial charge < -0.3 is 10.1 Å². The second kappa shape index (κ2) is 9.15. The van der Waals surface area contributed by atoms with Crippen LogP contribution in [0.3, 0.4) is 0 Å².